The standard InChI is InChI=1S/C11H13ClN4/c1-2-4-16-5-3-13-11(16)7-9-6-10(12)15-8-14-9/h3,5-6,8H,2,4,7H2,1H3. The Balaban J connectivity index is 2.17. The Bertz CT molecular complexity index is 467. The van der Waals surface area contributed by atoms with Crippen LogP contribution in [0.2, 0.25) is 5.15 Å². The maximum Gasteiger partial charge on any atom is 0.132 e. The highest BCUT2D eigenvalue weighted by atomic mass is 35.5. The zero-order valence-electron chi connectivity index (χ0n) is 9.10. The van der Waals surface area contributed by atoms with E-state index in [4.69, 9.17) is 11.6 Å². The van der Waals surface area contributed by atoms with Gasteiger partial charge in [0.15, 0.2) is 0 Å². The zero-order valence-corrected chi connectivity index (χ0v) is 9.85. The molecule has 0 aliphatic carbocycles. The Morgan fingerprint density at radius 2 is 2.19 bits per heavy atom. The molecule has 0 unspecified atom stereocenters. The Labute approximate surface area is 99.3 Å². The molecule has 0 spiro atoms. The highest BCUT2D eigenvalue weighted by Crippen LogP contribution is 2.09. The van der Waals surface area contributed by atoms with Gasteiger partial charge in [-0.15, -0.1) is 0 Å². The third kappa shape index (κ3) is 2.58. The molecule has 0 fully saturated rings. The van der Waals surface area contributed by atoms with Crippen molar-refractivity contribution in [3.05, 3.63) is 41.5 Å². The Hall–Kier alpha value is -1.42. The summed E-state index contributed by atoms with van der Waals surface area (Å²) in [7, 11) is 0. The molecule has 0 aliphatic rings. The number of nitrogens with zero attached hydrogens (tertiary/aromatic N) is 4. The summed E-state index contributed by atoms with van der Waals surface area (Å²) in [5.74, 6) is 1.01. The number of rotatable bonds is 4. The molecule has 0 atom stereocenters. The van der Waals surface area contributed by atoms with Gasteiger partial charge in [-0.05, 0) is 12.5 Å². The van der Waals surface area contributed by atoms with Crippen molar-refractivity contribution >= 4 is 11.6 Å². The highest BCUT2D eigenvalue weighted by Gasteiger charge is 2.05. The van der Waals surface area contributed by atoms with Gasteiger partial charge < -0.3 is 4.57 Å². The average Bonchev–Trinajstić information content (AvgIpc) is 2.66. The second-order valence-corrected chi connectivity index (χ2v) is 3.93. The third-order valence-corrected chi connectivity index (χ3v) is 2.50. The molecule has 5 heteroatoms. The molecule has 0 amide bonds. The van der Waals surface area contributed by atoms with Crippen molar-refractivity contribution in [2.45, 2.75) is 26.3 Å². The van der Waals surface area contributed by atoms with Gasteiger partial charge in [0.2, 0.25) is 0 Å². The molecule has 0 aliphatic heterocycles. The van der Waals surface area contributed by atoms with Crippen LogP contribution >= 0.6 is 11.6 Å². The molecule has 0 N–H and O–H groups in total. The fourth-order valence-corrected chi connectivity index (χ4v) is 1.75. The lowest BCUT2D eigenvalue weighted by molar-refractivity contribution is 0.644. The Morgan fingerprint density at radius 1 is 1.31 bits per heavy atom. The van der Waals surface area contributed by atoms with E-state index in [1.807, 2.05) is 12.4 Å². The molecule has 0 radical (unpaired) electrons. The van der Waals surface area contributed by atoms with Crippen LogP contribution in [0.3, 0.4) is 0 Å². The first-order valence-corrected chi connectivity index (χ1v) is 5.64. The molecular weight excluding hydrogens is 224 g/mol. The summed E-state index contributed by atoms with van der Waals surface area (Å²) in [5, 5.41) is 0.471. The minimum Gasteiger partial charge on any atom is -0.335 e. The van der Waals surface area contributed by atoms with Crippen LogP contribution in [-0.4, -0.2) is 19.5 Å². The van der Waals surface area contributed by atoms with Gasteiger partial charge in [-0.25, -0.2) is 15.0 Å². The summed E-state index contributed by atoms with van der Waals surface area (Å²) < 4.78 is 2.13. The molecule has 0 saturated carbocycles. The predicted molar refractivity (Wildman–Crippen MR) is 62.4 cm³/mol. The minimum absolute atomic E-state index is 0.471. The van der Waals surface area contributed by atoms with Gasteiger partial charge >= 0.3 is 0 Å². The molecule has 2 aromatic rings. The van der Waals surface area contributed by atoms with Gasteiger partial charge in [-0.2, -0.15) is 0 Å². The zero-order chi connectivity index (χ0) is 11.4. The van der Waals surface area contributed by atoms with Crippen molar-refractivity contribution in [3.8, 4) is 0 Å². The third-order valence-electron chi connectivity index (χ3n) is 2.30. The molecule has 2 heterocycles. The summed E-state index contributed by atoms with van der Waals surface area (Å²) in [6.45, 7) is 3.12. The minimum atomic E-state index is 0.471. The number of imidazole rings is 1. The van der Waals surface area contributed by atoms with Gasteiger partial charge in [0.25, 0.3) is 0 Å². The van der Waals surface area contributed by atoms with Crippen LogP contribution in [0.1, 0.15) is 24.9 Å². The fourth-order valence-electron chi connectivity index (χ4n) is 1.58. The van der Waals surface area contributed by atoms with E-state index in [2.05, 4.69) is 26.4 Å². The lowest BCUT2D eigenvalue weighted by atomic mass is 10.3. The molecule has 0 saturated heterocycles. The van der Waals surface area contributed by atoms with Crippen LogP contribution in [0.25, 0.3) is 0 Å². The first-order valence-electron chi connectivity index (χ1n) is 5.26. The van der Waals surface area contributed by atoms with Gasteiger partial charge in [0, 0.05) is 25.4 Å². The summed E-state index contributed by atoms with van der Waals surface area (Å²) in [6, 6.07) is 1.77. The largest absolute Gasteiger partial charge is 0.335 e. The number of hydrogen-bond donors (Lipinski definition) is 0. The number of halogens is 1. The van der Waals surface area contributed by atoms with Gasteiger partial charge in [-0.3, -0.25) is 0 Å². The van der Waals surface area contributed by atoms with E-state index >= 15 is 0 Å². The van der Waals surface area contributed by atoms with Crippen LogP contribution in [0.15, 0.2) is 24.8 Å². The lowest BCUT2D eigenvalue weighted by Crippen LogP contribution is -2.04. The smallest absolute Gasteiger partial charge is 0.132 e. The predicted octanol–water partition coefficient (Wildman–Crippen LogP) is 2.33. The summed E-state index contributed by atoms with van der Waals surface area (Å²) >= 11 is 5.81. The van der Waals surface area contributed by atoms with E-state index in [9.17, 15) is 0 Å². The number of aryl methyl sites for hydroxylation is 1. The van der Waals surface area contributed by atoms with Crippen molar-refractivity contribution in [3.63, 3.8) is 0 Å². The number of hydrogen-bond acceptors (Lipinski definition) is 3. The van der Waals surface area contributed by atoms with Crippen LogP contribution in [-0.2, 0) is 13.0 Å². The molecule has 2 rings (SSSR count). The van der Waals surface area contributed by atoms with Crippen LogP contribution < -0.4 is 0 Å². The van der Waals surface area contributed by atoms with Gasteiger partial charge in [0.1, 0.15) is 17.3 Å². The van der Waals surface area contributed by atoms with E-state index in [-0.39, 0.29) is 0 Å². The highest BCUT2D eigenvalue weighted by molar-refractivity contribution is 6.29. The molecule has 0 bridgehead atoms. The molecule has 16 heavy (non-hydrogen) atoms. The Kier molecular flexibility index (Phi) is 3.51. The molecule has 84 valence electrons. The van der Waals surface area contributed by atoms with Gasteiger partial charge in [-0.1, -0.05) is 18.5 Å². The molecule has 4 nitrogen and oxygen atoms in total. The quantitative estimate of drug-likeness (QED) is 0.766. The van der Waals surface area contributed by atoms with Crippen LogP contribution in [0.5, 0.6) is 0 Å². The van der Waals surface area contributed by atoms with Crippen molar-refractivity contribution in [1.29, 1.82) is 0 Å². The first kappa shape index (κ1) is 11.1. The lowest BCUT2D eigenvalue weighted by Gasteiger charge is -2.05. The molecule has 0 aromatic carbocycles. The van der Waals surface area contributed by atoms with E-state index in [1.54, 1.807) is 6.07 Å². The van der Waals surface area contributed by atoms with Gasteiger partial charge in [0.05, 0.1) is 5.69 Å². The summed E-state index contributed by atoms with van der Waals surface area (Å²) in [4.78, 5) is 12.3. The molecule has 2 aromatic heterocycles. The number of aromatic nitrogens is 4. The fraction of sp³-hybridized carbons (Fsp3) is 0.364. The second-order valence-electron chi connectivity index (χ2n) is 3.55. The summed E-state index contributed by atoms with van der Waals surface area (Å²) in [6.07, 6.45) is 7.06. The summed E-state index contributed by atoms with van der Waals surface area (Å²) in [5.41, 5.74) is 0.892. The van der Waals surface area contributed by atoms with Crippen LogP contribution in [0.4, 0.5) is 0 Å². The average molecular weight is 237 g/mol. The molecular formula is C11H13ClN4. The van der Waals surface area contributed by atoms with Crippen molar-refractivity contribution in [1.82, 2.24) is 19.5 Å². The normalized spacial score (nSPS) is 10.6. The van der Waals surface area contributed by atoms with E-state index in [0.717, 1.165) is 24.5 Å². The maximum absolute atomic E-state index is 5.81. The Morgan fingerprint density at radius 3 is 2.94 bits per heavy atom. The van der Waals surface area contributed by atoms with E-state index in [1.165, 1.54) is 6.33 Å². The van der Waals surface area contributed by atoms with Crippen LogP contribution in [0, 0.1) is 0 Å². The maximum atomic E-state index is 5.81. The van der Waals surface area contributed by atoms with E-state index in [0.29, 0.717) is 11.6 Å². The topological polar surface area (TPSA) is 43.6 Å². The van der Waals surface area contributed by atoms with Crippen molar-refractivity contribution in [2.75, 3.05) is 0 Å². The van der Waals surface area contributed by atoms with E-state index < -0.39 is 0 Å². The van der Waals surface area contributed by atoms with Crippen molar-refractivity contribution in [2.24, 2.45) is 0 Å². The monoisotopic (exact) mass is 236 g/mol. The SMILES string of the molecule is CCCn1ccnc1Cc1cc(Cl)ncn1. The van der Waals surface area contributed by atoms with Crippen molar-refractivity contribution < 1.29 is 0 Å². The second kappa shape index (κ2) is 5.07. The first-order chi connectivity index (χ1) is 7.79.